The van der Waals surface area contributed by atoms with E-state index in [0.29, 0.717) is 29.4 Å². The van der Waals surface area contributed by atoms with Gasteiger partial charge in [-0.1, -0.05) is 28.9 Å². The van der Waals surface area contributed by atoms with E-state index in [1.54, 1.807) is 0 Å². The van der Waals surface area contributed by atoms with Crippen LogP contribution in [0.1, 0.15) is 62.5 Å². The fraction of sp³-hybridized carbons (Fsp3) is 0.714. The Labute approximate surface area is 153 Å². The minimum atomic E-state index is -0.122. The first kappa shape index (κ1) is 16.9. The van der Waals surface area contributed by atoms with E-state index in [2.05, 4.69) is 28.9 Å². The number of aliphatic hydroxyl groups is 1. The summed E-state index contributed by atoms with van der Waals surface area (Å²) < 4.78 is 0. The molecule has 4 rings (SSSR count). The lowest BCUT2D eigenvalue weighted by Crippen LogP contribution is -2.44. The van der Waals surface area contributed by atoms with Gasteiger partial charge in [0.2, 0.25) is 0 Å². The maximum atomic E-state index is 11.0. The summed E-state index contributed by atoms with van der Waals surface area (Å²) in [5, 5.41) is 21.9. The first-order chi connectivity index (χ1) is 11.5. The summed E-state index contributed by atoms with van der Waals surface area (Å²) >= 11 is 3.54. The molecule has 2 fully saturated rings. The number of fused-ring (bicyclic) bond motifs is 5. The summed E-state index contributed by atoms with van der Waals surface area (Å²) in [4.78, 5) is 0. The Hall–Kier alpha value is -0.540. The van der Waals surface area contributed by atoms with Gasteiger partial charge < -0.3 is 10.2 Å². The lowest BCUT2D eigenvalue weighted by Gasteiger charge is -2.50. The van der Waals surface area contributed by atoms with Gasteiger partial charge in [0.1, 0.15) is 5.75 Å². The van der Waals surface area contributed by atoms with Gasteiger partial charge in [-0.25, -0.2) is 0 Å². The Balaban J connectivity index is 1.61. The summed E-state index contributed by atoms with van der Waals surface area (Å²) in [5.41, 5.74) is 2.95. The average Bonchev–Trinajstić information content (AvgIpc) is 2.84. The molecule has 2 nitrogen and oxygen atoms in total. The molecule has 1 aromatic carbocycles. The molecular formula is C21H29BrO2. The van der Waals surface area contributed by atoms with E-state index in [4.69, 9.17) is 0 Å². The molecule has 0 aliphatic heterocycles. The summed E-state index contributed by atoms with van der Waals surface area (Å²) in [5.74, 6) is 2.89. The van der Waals surface area contributed by atoms with Crippen molar-refractivity contribution >= 4 is 15.9 Å². The van der Waals surface area contributed by atoms with Crippen molar-refractivity contribution in [2.45, 2.75) is 63.9 Å². The maximum Gasteiger partial charge on any atom is 0.115 e. The van der Waals surface area contributed by atoms with E-state index < -0.39 is 0 Å². The second-order valence-corrected chi connectivity index (χ2v) is 9.41. The van der Waals surface area contributed by atoms with Crippen molar-refractivity contribution in [2.75, 3.05) is 5.33 Å². The zero-order chi connectivity index (χ0) is 16.9. The molecule has 0 spiro atoms. The molecule has 1 aromatic rings. The highest BCUT2D eigenvalue weighted by Gasteiger charge is 2.57. The van der Waals surface area contributed by atoms with E-state index in [0.717, 1.165) is 24.6 Å². The van der Waals surface area contributed by atoms with Crippen LogP contribution >= 0.6 is 15.9 Å². The summed E-state index contributed by atoms with van der Waals surface area (Å²) in [7, 11) is 0. The number of benzene rings is 1. The third kappa shape index (κ3) is 2.54. The van der Waals surface area contributed by atoms with E-state index in [9.17, 15) is 10.2 Å². The third-order valence-corrected chi connectivity index (χ3v) is 8.10. The van der Waals surface area contributed by atoms with Crippen molar-refractivity contribution in [3.8, 4) is 5.75 Å². The fourth-order valence-electron chi connectivity index (χ4n) is 6.34. The number of aliphatic hydroxyl groups excluding tert-OH is 1. The number of hydrogen-bond acceptors (Lipinski definition) is 2. The molecule has 0 heterocycles. The Morgan fingerprint density at radius 1 is 1.29 bits per heavy atom. The quantitative estimate of drug-likeness (QED) is 0.709. The molecule has 6 atom stereocenters. The first-order valence-electron chi connectivity index (χ1n) is 9.60. The predicted octanol–water partition coefficient (Wildman–Crippen LogP) is 5.01. The van der Waals surface area contributed by atoms with Gasteiger partial charge in [0.15, 0.2) is 0 Å². The van der Waals surface area contributed by atoms with Gasteiger partial charge in [0.05, 0.1) is 6.10 Å². The van der Waals surface area contributed by atoms with Crippen molar-refractivity contribution in [3.63, 3.8) is 0 Å². The minimum absolute atomic E-state index is 0.118. The maximum absolute atomic E-state index is 11.0. The minimum Gasteiger partial charge on any atom is -0.508 e. The van der Waals surface area contributed by atoms with Crippen molar-refractivity contribution in [2.24, 2.45) is 23.2 Å². The Morgan fingerprint density at radius 2 is 2.12 bits per heavy atom. The van der Waals surface area contributed by atoms with Gasteiger partial charge in [-0.3, -0.25) is 0 Å². The first-order valence-corrected chi connectivity index (χ1v) is 10.7. The van der Waals surface area contributed by atoms with E-state index in [1.807, 2.05) is 12.1 Å². The predicted molar refractivity (Wildman–Crippen MR) is 101 cm³/mol. The van der Waals surface area contributed by atoms with Crippen LogP contribution in [0, 0.1) is 23.2 Å². The summed E-state index contributed by atoms with van der Waals surface area (Å²) in [6.07, 6.45) is 8.05. The standard InChI is InChI=1S/C21H29BrO2/c1-21-9-8-17-16-7-5-15(23)11-13(16)4-6-18(17)19(21)12-14(20(21)24)3-2-10-22/h5,7,11,14,17-20,23-24H,2-4,6,8-10,12H2,1H3/t14-,17-,18-,19+,20+,21+/m1/s1. The van der Waals surface area contributed by atoms with Gasteiger partial charge in [0, 0.05) is 5.33 Å². The summed E-state index contributed by atoms with van der Waals surface area (Å²) in [6, 6.07) is 6.00. The highest BCUT2D eigenvalue weighted by atomic mass is 79.9. The average molecular weight is 393 g/mol. The Morgan fingerprint density at radius 3 is 2.92 bits per heavy atom. The molecule has 3 aliphatic rings. The van der Waals surface area contributed by atoms with Crippen LogP contribution in [0.15, 0.2) is 18.2 Å². The van der Waals surface area contributed by atoms with Gasteiger partial charge >= 0.3 is 0 Å². The third-order valence-electron chi connectivity index (χ3n) is 7.54. The zero-order valence-corrected chi connectivity index (χ0v) is 16.1. The van der Waals surface area contributed by atoms with E-state index in [1.165, 1.54) is 36.8 Å². The van der Waals surface area contributed by atoms with Gasteiger partial charge in [-0.15, -0.1) is 0 Å². The van der Waals surface area contributed by atoms with Crippen LogP contribution in [-0.2, 0) is 6.42 Å². The van der Waals surface area contributed by atoms with Crippen molar-refractivity contribution in [1.29, 1.82) is 0 Å². The molecule has 0 unspecified atom stereocenters. The lowest BCUT2D eigenvalue weighted by atomic mass is 9.55. The number of hydrogen-bond donors (Lipinski definition) is 2. The number of aryl methyl sites for hydroxylation is 1. The molecule has 3 aliphatic carbocycles. The van der Waals surface area contributed by atoms with Crippen LogP contribution < -0.4 is 0 Å². The largest absolute Gasteiger partial charge is 0.508 e. The molecule has 2 saturated carbocycles. The lowest BCUT2D eigenvalue weighted by molar-refractivity contribution is -0.0333. The zero-order valence-electron chi connectivity index (χ0n) is 14.5. The highest BCUT2D eigenvalue weighted by Crippen LogP contribution is 2.62. The van der Waals surface area contributed by atoms with Gasteiger partial charge in [-0.05, 0) is 97.3 Å². The van der Waals surface area contributed by atoms with Crippen LogP contribution in [0.25, 0.3) is 0 Å². The van der Waals surface area contributed by atoms with Crippen molar-refractivity contribution in [1.82, 2.24) is 0 Å². The number of phenols is 1. The molecule has 3 heteroatoms. The summed E-state index contributed by atoms with van der Waals surface area (Å²) in [6.45, 7) is 2.36. The molecule has 0 saturated heterocycles. The van der Waals surface area contributed by atoms with Crippen molar-refractivity contribution < 1.29 is 10.2 Å². The van der Waals surface area contributed by atoms with Crippen LogP contribution in [0.5, 0.6) is 5.75 Å². The molecule has 24 heavy (non-hydrogen) atoms. The molecular weight excluding hydrogens is 364 g/mol. The second kappa shape index (κ2) is 6.32. The topological polar surface area (TPSA) is 40.5 Å². The number of rotatable bonds is 3. The SMILES string of the molecule is C[C@]12CC[C@@H]3c4ccc(O)cc4CC[C@H]3[C@@H]1C[C@@H](CCCBr)[C@@H]2O. The van der Waals surface area contributed by atoms with Crippen LogP contribution in [-0.4, -0.2) is 21.6 Å². The smallest absolute Gasteiger partial charge is 0.115 e. The van der Waals surface area contributed by atoms with Gasteiger partial charge in [-0.2, -0.15) is 0 Å². The molecule has 132 valence electrons. The second-order valence-electron chi connectivity index (χ2n) is 8.61. The molecule has 0 amide bonds. The highest BCUT2D eigenvalue weighted by molar-refractivity contribution is 9.09. The van der Waals surface area contributed by atoms with Crippen LogP contribution in [0.4, 0.5) is 0 Å². The molecule has 0 aromatic heterocycles. The van der Waals surface area contributed by atoms with Crippen molar-refractivity contribution in [3.05, 3.63) is 29.3 Å². The monoisotopic (exact) mass is 392 g/mol. The van der Waals surface area contributed by atoms with Crippen LogP contribution in [0.3, 0.4) is 0 Å². The Kier molecular flexibility index (Phi) is 4.45. The van der Waals surface area contributed by atoms with E-state index >= 15 is 0 Å². The number of phenolic OH excluding ortho intramolecular Hbond substituents is 1. The number of aromatic hydroxyl groups is 1. The number of alkyl halides is 1. The van der Waals surface area contributed by atoms with Crippen LogP contribution in [0.2, 0.25) is 0 Å². The number of halogens is 1. The molecule has 0 radical (unpaired) electrons. The fourth-order valence-corrected chi connectivity index (χ4v) is 6.66. The molecule has 0 bridgehead atoms. The molecule has 2 N–H and O–H groups in total. The van der Waals surface area contributed by atoms with E-state index in [-0.39, 0.29) is 11.5 Å². The van der Waals surface area contributed by atoms with Gasteiger partial charge in [0.25, 0.3) is 0 Å². The normalized spacial score (nSPS) is 40.7. The Bertz CT molecular complexity index is 616.